The van der Waals surface area contributed by atoms with E-state index in [0.717, 1.165) is 0 Å². The zero-order valence-electron chi connectivity index (χ0n) is 9.39. The number of aliphatic carboxylic acids is 1. The Labute approximate surface area is 97.5 Å². The van der Waals surface area contributed by atoms with E-state index in [9.17, 15) is 19.8 Å². The van der Waals surface area contributed by atoms with E-state index in [1.807, 2.05) is 0 Å². The van der Waals surface area contributed by atoms with Gasteiger partial charge >= 0.3 is 5.97 Å². The first-order chi connectivity index (χ1) is 7.75. The summed E-state index contributed by atoms with van der Waals surface area (Å²) in [6.45, 7) is 2.63. The van der Waals surface area contributed by atoms with Crippen molar-refractivity contribution in [2.75, 3.05) is 0 Å². The van der Waals surface area contributed by atoms with Crippen LogP contribution >= 0.6 is 0 Å². The fourth-order valence-electron chi connectivity index (χ4n) is 1.12. The first-order valence-corrected chi connectivity index (χ1v) is 4.82. The van der Waals surface area contributed by atoms with Crippen molar-refractivity contribution in [3.63, 3.8) is 0 Å². The third kappa shape index (κ3) is 2.66. The minimum atomic E-state index is -1.46. The fourth-order valence-corrected chi connectivity index (χ4v) is 1.12. The molecule has 0 atom stereocenters. The Morgan fingerprint density at radius 1 is 1.24 bits per heavy atom. The van der Waals surface area contributed by atoms with Gasteiger partial charge in [-0.1, -0.05) is 6.07 Å². The number of aromatic hydroxyl groups is 2. The van der Waals surface area contributed by atoms with Gasteiger partial charge in [-0.2, -0.15) is 0 Å². The molecule has 0 aliphatic carbocycles. The molecule has 0 saturated carbocycles. The number of hydrogen-bond acceptors (Lipinski definition) is 4. The summed E-state index contributed by atoms with van der Waals surface area (Å²) >= 11 is 0. The predicted octanol–water partition coefficient (Wildman–Crippen LogP) is 0.691. The van der Waals surface area contributed by atoms with Gasteiger partial charge in [-0.05, 0) is 26.0 Å². The Bertz CT molecular complexity index is 467. The lowest BCUT2D eigenvalue weighted by atomic mass is 10.0. The molecule has 0 fully saturated rings. The summed E-state index contributed by atoms with van der Waals surface area (Å²) in [7, 11) is 0. The van der Waals surface area contributed by atoms with Gasteiger partial charge in [0.05, 0.1) is 5.56 Å². The van der Waals surface area contributed by atoms with Crippen LogP contribution < -0.4 is 5.32 Å². The second-order valence-electron chi connectivity index (χ2n) is 4.06. The molecule has 0 spiro atoms. The minimum absolute atomic E-state index is 0.181. The molecule has 6 heteroatoms. The molecule has 4 N–H and O–H groups in total. The number of amides is 1. The van der Waals surface area contributed by atoms with E-state index >= 15 is 0 Å². The lowest BCUT2D eigenvalue weighted by molar-refractivity contribution is -0.143. The van der Waals surface area contributed by atoms with Crippen molar-refractivity contribution >= 4 is 11.9 Å². The van der Waals surface area contributed by atoms with Crippen LogP contribution in [0.25, 0.3) is 0 Å². The molecule has 0 saturated heterocycles. The van der Waals surface area contributed by atoms with E-state index in [1.165, 1.54) is 32.0 Å². The summed E-state index contributed by atoms with van der Waals surface area (Å²) in [4.78, 5) is 22.5. The molecule has 92 valence electrons. The molecule has 1 aromatic carbocycles. The number of rotatable bonds is 3. The van der Waals surface area contributed by atoms with Crippen LogP contribution in [0, 0.1) is 0 Å². The molecule has 1 rings (SSSR count). The highest BCUT2D eigenvalue weighted by Gasteiger charge is 2.30. The van der Waals surface area contributed by atoms with Crippen LogP contribution in [0.5, 0.6) is 11.5 Å². The highest BCUT2D eigenvalue weighted by molar-refractivity contribution is 6.00. The van der Waals surface area contributed by atoms with Gasteiger partial charge in [0.1, 0.15) is 5.54 Å². The van der Waals surface area contributed by atoms with Gasteiger partial charge < -0.3 is 20.6 Å². The summed E-state index contributed by atoms with van der Waals surface area (Å²) in [6.07, 6.45) is 0. The van der Waals surface area contributed by atoms with Gasteiger partial charge in [-0.15, -0.1) is 0 Å². The maximum Gasteiger partial charge on any atom is 0.328 e. The van der Waals surface area contributed by atoms with Crippen molar-refractivity contribution in [3.05, 3.63) is 23.8 Å². The Balaban J connectivity index is 2.99. The van der Waals surface area contributed by atoms with Crippen LogP contribution in [0.1, 0.15) is 24.2 Å². The maximum absolute atomic E-state index is 11.7. The first kappa shape index (κ1) is 12.8. The number of carboxylic acid groups (broad SMARTS) is 1. The Morgan fingerprint density at radius 3 is 2.35 bits per heavy atom. The van der Waals surface area contributed by atoms with Crippen LogP contribution in [-0.2, 0) is 4.79 Å². The van der Waals surface area contributed by atoms with Crippen LogP contribution in [0.2, 0.25) is 0 Å². The van der Waals surface area contributed by atoms with E-state index in [1.54, 1.807) is 0 Å². The SMILES string of the molecule is CC(C)(NC(=O)c1cccc(O)c1O)C(=O)O. The Morgan fingerprint density at radius 2 is 1.82 bits per heavy atom. The van der Waals surface area contributed by atoms with Crippen molar-refractivity contribution in [3.8, 4) is 11.5 Å². The van der Waals surface area contributed by atoms with Crippen molar-refractivity contribution in [2.24, 2.45) is 0 Å². The molecule has 0 aromatic heterocycles. The monoisotopic (exact) mass is 239 g/mol. The average molecular weight is 239 g/mol. The zero-order valence-corrected chi connectivity index (χ0v) is 9.39. The van der Waals surface area contributed by atoms with E-state index < -0.39 is 28.9 Å². The number of benzene rings is 1. The molecule has 1 aromatic rings. The van der Waals surface area contributed by atoms with Gasteiger partial charge in [0.25, 0.3) is 5.91 Å². The highest BCUT2D eigenvalue weighted by atomic mass is 16.4. The molecule has 1 amide bonds. The third-order valence-electron chi connectivity index (χ3n) is 2.22. The number of hydrogen-bond donors (Lipinski definition) is 4. The molecular formula is C11H13NO5. The molecule has 0 heterocycles. The van der Waals surface area contributed by atoms with Crippen molar-refractivity contribution in [1.29, 1.82) is 0 Å². The van der Waals surface area contributed by atoms with Gasteiger partial charge in [-0.25, -0.2) is 4.79 Å². The van der Waals surface area contributed by atoms with E-state index in [2.05, 4.69) is 5.32 Å². The summed E-state index contributed by atoms with van der Waals surface area (Å²) in [6, 6.07) is 3.87. The van der Waals surface area contributed by atoms with Crippen LogP contribution in [0.15, 0.2) is 18.2 Å². The van der Waals surface area contributed by atoms with Gasteiger partial charge in [0.2, 0.25) is 0 Å². The Kier molecular flexibility index (Phi) is 3.26. The predicted molar refractivity (Wildman–Crippen MR) is 59.0 cm³/mol. The first-order valence-electron chi connectivity index (χ1n) is 4.82. The number of para-hydroxylation sites is 1. The molecule has 0 aliphatic heterocycles. The van der Waals surface area contributed by atoms with E-state index in [-0.39, 0.29) is 5.56 Å². The number of carbonyl (C=O) groups excluding carboxylic acids is 1. The van der Waals surface area contributed by atoms with E-state index in [4.69, 9.17) is 5.11 Å². The van der Waals surface area contributed by atoms with Crippen molar-refractivity contribution in [1.82, 2.24) is 5.32 Å². The second kappa shape index (κ2) is 4.32. The van der Waals surface area contributed by atoms with Gasteiger partial charge in [0, 0.05) is 0 Å². The standard InChI is InChI=1S/C11H13NO5/c1-11(2,10(16)17)12-9(15)6-4-3-5-7(13)8(6)14/h3-5,13-14H,1-2H3,(H,12,15)(H,16,17). The zero-order chi connectivity index (χ0) is 13.2. The molecule has 17 heavy (non-hydrogen) atoms. The van der Waals surface area contributed by atoms with Gasteiger partial charge in [0.15, 0.2) is 11.5 Å². The van der Waals surface area contributed by atoms with Gasteiger partial charge in [-0.3, -0.25) is 4.79 Å². The van der Waals surface area contributed by atoms with Crippen LogP contribution in [-0.4, -0.2) is 32.7 Å². The topological polar surface area (TPSA) is 107 Å². The fraction of sp³-hybridized carbons (Fsp3) is 0.273. The summed E-state index contributed by atoms with van der Waals surface area (Å²) in [5.41, 5.74) is -1.64. The average Bonchev–Trinajstić information content (AvgIpc) is 2.21. The van der Waals surface area contributed by atoms with Crippen molar-refractivity contribution in [2.45, 2.75) is 19.4 Å². The molecular weight excluding hydrogens is 226 g/mol. The molecule has 0 bridgehead atoms. The smallest absolute Gasteiger partial charge is 0.328 e. The highest BCUT2D eigenvalue weighted by Crippen LogP contribution is 2.28. The van der Waals surface area contributed by atoms with E-state index in [0.29, 0.717) is 0 Å². The number of nitrogens with one attached hydrogen (secondary N) is 1. The molecule has 0 aliphatic rings. The summed E-state index contributed by atoms with van der Waals surface area (Å²) in [5, 5.41) is 29.7. The lowest BCUT2D eigenvalue weighted by Crippen LogP contribution is -2.49. The number of phenols is 2. The summed E-state index contributed by atoms with van der Waals surface area (Å²) < 4.78 is 0. The molecule has 6 nitrogen and oxygen atoms in total. The second-order valence-corrected chi connectivity index (χ2v) is 4.06. The summed E-state index contributed by atoms with van der Waals surface area (Å²) in [5.74, 6) is -2.99. The maximum atomic E-state index is 11.7. The van der Waals surface area contributed by atoms with Crippen molar-refractivity contribution < 1.29 is 24.9 Å². The Hall–Kier alpha value is -2.24. The number of phenolic OH excluding ortho intramolecular Hbond substituents is 2. The quantitative estimate of drug-likeness (QED) is 0.580. The lowest BCUT2D eigenvalue weighted by Gasteiger charge is -2.21. The van der Waals surface area contributed by atoms with Crippen LogP contribution in [0.3, 0.4) is 0 Å². The van der Waals surface area contributed by atoms with Crippen LogP contribution in [0.4, 0.5) is 0 Å². The largest absolute Gasteiger partial charge is 0.504 e. The number of carboxylic acids is 1. The normalized spacial score (nSPS) is 10.9. The third-order valence-corrected chi connectivity index (χ3v) is 2.22. The minimum Gasteiger partial charge on any atom is -0.504 e. The molecule has 0 radical (unpaired) electrons. The molecule has 0 unspecified atom stereocenters. The number of carbonyl (C=O) groups is 2.